The highest BCUT2D eigenvalue weighted by Gasteiger charge is 2.11. The highest BCUT2D eigenvalue weighted by molar-refractivity contribution is 5.76. The van der Waals surface area contributed by atoms with E-state index < -0.39 is 0 Å². The average Bonchev–Trinajstić information content (AvgIpc) is 2.30. The first-order valence-corrected chi connectivity index (χ1v) is 5.82. The van der Waals surface area contributed by atoms with Gasteiger partial charge in [-0.1, -0.05) is 6.92 Å². The summed E-state index contributed by atoms with van der Waals surface area (Å²) in [7, 11) is 0. The second-order valence-electron chi connectivity index (χ2n) is 3.90. The number of rotatable bonds is 5. The van der Waals surface area contributed by atoms with Gasteiger partial charge >= 0.3 is 0 Å². The van der Waals surface area contributed by atoms with Crippen molar-refractivity contribution in [2.75, 3.05) is 18.8 Å². The Labute approximate surface area is 101 Å². The molecule has 0 fully saturated rings. The molecule has 0 spiro atoms. The number of hydrogen-bond acceptors (Lipinski definition) is 3. The third-order valence-electron chi connectivity index (χ3n) is 2.54. The molecule has 1 heterocycles. The summed E-state index contributed by atoms with van der Waals surface area (Å²) < 4.78 is 1.34. The summed E-state index contributed by atoms with van der Waals surface area (Å²) in [6, 6.07) is 2.91. The van der Waals surface area contributed by atoms with Crippen molar-refractivity contribution in [3.63, 3.8) is 0 Å². The number of carbonyl (C=O) groups is 1. The second kappa shape index (κ2) is 6.08. The molecule has 2 N–H and O–H groups in total. The van der Waals surface area contributed by atoms with E-state index in [1.54, 1.807) is 4.90 Å². The van der Waals surface area contributed by atoms with Gasteiger partial charge in [-0.25, -0.2) is 0 Å². The van der Waals surface area contributed by atoms with Gasteiger partial charge in [0.2, 0.25) is 5.91 Å². The van der Waals surface area contributed by atoms with E-state index in [9.17, 15) is 9.59 Å². The highest BCUT2D eigenvalue weighted by atomic mass is 16.2. The summed E-state index contributed by atoms with van der Waals surface area (Å²) in [6.07, 6.45) is 2.41. The summed E-state index contributed by atoms with van der Waals surface area (Å²) in [5.74, 6) is -0.0537. The van der Waals surface area contributed by atoms with Crippen LogP contribution in [0.15, 0.2) is 23.1 Å². The minimum atomic E-state index is -0.208. The van der Waals surface area contributed by atoms with Crippen LogP contribution in [-0.2, 0) is 11.3 Å². The summed E-state index contributed by atoms with van der Waals surface area (Å²) >= 11 is 0. The van der Waals surface area contributed by atoms with Crippen LogP contribution in [0.25, 0.3) is 0 Å². The first-order chi connectivity index (χ1) is 8.08. The molecule has 0 aliphatic rings. The van der Waals surface area contributed by atoms with Crippen molar-refractivity contribution in [3.8, 4) is 0 Å². The van der Waals surface area contributed by atoms with E-state index in [4.69, 9.17) is 5.73 Å². The zero-order chi connectivity index (χ0) is 12.8. The van der Waals surface area contributed by atoms with Gasteiger partial charge in [0, 0.05) is 31.0 Å². The van der Waals surface area contributed by atoms with E-state index in [-0.39, 0.29) is 18.0 Å². The van der Waals surface area contributed by atoms with E-state index in [0.29, 0.717) is 18.8 Å². The molecule has 0 aromatic carbocycles. The van der Waals surface area contributed by atoms with Crippen LogP contribution in [0.4, 0.5) is 5.69 Å². The standard InChI is InChI=1S/C12H19N3O2/c1-3-7-14(4-2)12(17)9-15-8-10(13)5-6-11(15)16/h5-6,8H,3-4,7,9,13H2,1-2H3. The van der Waals surface area contributed by atoms with Crippen molar-refractivity contribution in [2.24, 2.45) is 0 Å². The minimum Gasteiger partial charge on any atom is -0.398 e. The van der Waals surface area contributed by atoms with Gasteiger partial charge in [0.05, 0.1) is 0 Å². The molecule has 0 radical (unpaired) electrons. The molecule has 0 saturated carbocycles. The zero-order valence-electron chi connectivity index (χ0n) is 10.3. The minimum absolute atomic E-state index is 0.0533. The fraction of sp³-hybridized carbons (Fsp3) is 0.500. The van der Waals surface area contributed by atoms with Crippen molar-refractivity contribution >= 4 is 11.6 Å². The Morgan fingerprint density at radius 2 is 2.12 bits per heavy atom. The van der Waals surface area contributed by atoms with Crippen molar-refractivity contribution in [2.45, 2.75) is 26.8 Å². The maximum Gasteiger partial charge on any atom is 0.251 e. The molecule has 5 heteroatoms. The molecule has 0 aliphatic heterocycles. The molecule has 5 nitrogen and oxygen atoms in total. The maximum absolute atomic E-state index is 11.9. The molecule has 0 unspecified atom stereocenters. The van der Waals surface area contributed by atoms with E-state index >= 15 is 0 Å². The van der Waals surface area contributed by atoms with E-state index in [1.807, 2.05) is 13.8 Å². The Bertz CT molecular complexity index is 440. The van der Waals surface area contributed by atoms with Gasteiger partial charge in [0.15, 0.2) is 0 Å². The predicted molar refractivity (Wildman–Crippen MR) is 67.7 cm³/mol. The fourth-order valence-electron chi connectivity index (χ4n) is 1.65. The smallest absolute Gasteiger partial charge is 0.251 e. The molecule has 1 rings (SSSR count). The van der Waals surface area contributed by atoms with Gasteiger partial charge in [-0.2, -0.15) is 0 Å². The molecular weight excluding hydrogens is 218 g/mol. The number of aromatic nitrogens is 1. The third kappa shape index (κ3) is 3.62. The van der Waals surface area contributed by atoms with Gasteiger partial charge < -0.3 is 15.2 Å². The van der Waals surface area contributed by atoms with Crippen LogP contribution in [0.3, 0.4) is 0 Å². The summed E-state index contributed by atoms with van der Waals surface area (Å²) in [5, 5.41) is 0. The van der Waals surface area contributed by atoms with Crippen molar-refractivity contribution in [1.29, 1.82) is 0 Å². The number of nitrogens with two attached hydrogens (primary N) is 1. The number of nitrogens with zero attached hydrogens (tertiary/aromatic N) is 2. The molecule has 17 heavy (non-hydrogen) atoms. The number of anilines is 1. The topological polar surface area (TPSA) is 68.3 Å². The molecule has 0 aliphatic carbocycles. The van der Waals surface area contributed by atoms with Crippen molar-refractivity contribution < 1.29 is 4.79 Å². The van der Waals surface area contributed by atoms with E-state index in [1.165, 1.54) is 22.9 Å². The predicted octanol–water partition coefficient (Wildman–Crippen LogP) is 0.689. The van der Waals surface area contributed by atoms with E-state index in [0.717, 1.165) is 6.42 Å². The number of carbonyl (C=O) groups excluding carboxylic acids is 1. The van der Waals surface area contributed by atoms with Crippen LogP contribution in [0, 0.1) is 0 Å². The first-order valence-electron chi connectivity index (χ1n) is 5.82. The first kappa shape index (κ1) is 13.3. The number of likely N-dealkylation sites (N-methyl/N-ethyl adjacent to an activating group) is 1. The Morgan fingerprint density at radius 3 is 2.71 bits per heavy atom. The Balaban J connectivity index is 2.79. The Morgan fingerprint density at radius 1 is 1.41 bits per heavy atom. The molecule has 1 aromatic heterocycles. The molecule has 0 saturated heterocycles. The summed E-state index contributed by atoms with van der Waals surface area (Å²) in [4.78, 5) is 25.2. The van der Waals surface area contributed by atoms with Gasteiger partial charge in [0.1, 0.15) is 6.54 Å². The molecule has 0 bridgehead atoms. The van der Waals surface area contributed by atoms with Gasteiger partial charge in [-0.3, -0.25) is 9.59 Å². The van der Waals surface area contributed by atoms with Crippen LogP contribution < -0.4 is 11.3 Å². The largest absolute Gasteiger partial charge is 0.398 e. The van der Waals surface area contributed by atoms with Crippen LogP contribution in [-0.4, -0.2) is 28.5 Å². The van der Waals surface area contributed by atoms with Gasteiger partial charge in [-0.15, -0.1) is 0 Å². The Kier molecular flexibility index (Phi) is 4.75. The lowest BCUT2D eigenvalue weighted by Gasteiger charge is -2.20. The molecule has 0 atom stereocenters. The van der Waals surface area contributed by atoms with E-state index in [2.05, 4.69) is 0 Å². The summed E-state index contributed by atoms with van der Waals surface area (Å²) in [5.41, 5.74) is 5.86. The average molecular weight is 237 g/mol. The lowest BCUT2D eigenvalue weighted by molar-refractivity contribution is -0.131. The Hall–Kier alpha value is -1.78. The molecular formula is C12H19N3O2. The van der Waals surface area contributed by atoms with Crippen LogP contribution >= 0.6 is 0 Å². The quantitative estimate of drug-likeness (QED) is 0.819. The van der Waals surface area contributed by atoms with Crippen LogP contribution in [0.1, 0.15) is 20.3 Å². The fourth-order valence-corrected chi connectivity index (χ4v) is 1.65. The van der Waals surface area contributed by atoms with Gasteiger partial charge in [-0.05, 0) is 19.4 Å². The second-order valence-corrected chi connectivity index (χ2v) is 3.90. The summed E-state index contributed by atoms with van der Waals surface area (Å²) in [6.45, 7) is 5.37. The molecule has 94 valence electrons. The molecule has 1 amide bonds. The number of nitrogen functional groups attached to an aromatic ring is 1. The van der Waals surface area contributed by atoms with Crippen LogP contribution in [0.2, 0.25) is 0 Å². The van der Waals surface area contributed by atoms with Gasteiger partial charge in [0.25, 0.3) is 5.56 Å². The lowest BCUT2D eigenvalue weighted by atomic mass is 10.3. The maximum atomic E-state index is 11.9. The lowest BCUT2D eigenvalue weighted by Crippen LogP contribution is -2.36. The third-order valence-corrected chi connectivity index (χ3v) is 2.54. The van der Waals surface area contributed by atoms with Crippen LogP contribution in [0.5, 0.6) is 0 Å². The highest BCUT2D eigenvalue weighted by Crippen LogP contribution is 1.98. The van der Waals surface area contributed by atoms with Crippen molar-refractivity contribution in [1.82, 2.24) is 9.47 Å². The monoisotopic (exact) mass is 237 g/mol. The number of hydrogen-bond donors (Lipinski definition) is 1. The zero-order valence-corrected chi connectivity index (χ0v) is 10.3. The van der Waals surface area contributed by atoms with Crippen molar-refractivity contribution in [3.05, 3.63) is 28.7 Å². The SMILES string of the molecule is CCCN(CC)C(=O)Cn1cc(N)ccc1=O. The normalized spacial score (nSPS) is 10.2. The number of amides is 1. The molecule has 1 aromatic rings. The number of pyridine rings is 1.